The SMILES string of the molecule is Cc1ccc(NCc2cccc(OCc3ccc(F)cc3Cl)c2)cc1C. The van der Waals surface area contributed by atoms with Crippen LogP contribution in [-0.2, 0) is 13.2 Å². The summed E-state index contributed by atoms with van der Waals surface area (Å²) in [6.07, 6.45) is 0. The van der Waals surface area contributed by atoms with Crippen LogP contribution in [0, 0.1) is 19.7 Å². The van der Waals surface area contributed by atoms with Crippen LogP contribution in [0.4, 0.5) is 10.1 Å². The lowest BCUT2D eigenvalue weighted by molar-refractivity contribution is 0.306. The van der Waals surface area contributed by atoms with Gasteiger partial charge in [-0.2, -0.15) is 0 Å². The normalized spacial score (nSPS) is 10.6. The minimum absolute atomic E-state index is 0.299. The fourth-order valence-electron chi connectivity index (χ4n) is 2.60. The number of benzene rings is 3. The average Bonchev–Trinajstić information content (AvgIpc) is 2.62. The molecule has 0 unspecified atom stereocenters. The molecule has 0 saturated carbocycles. The van der Waals surface area contributed by atoms with Crippen molar-refractivity contribution in [2.24, 2.45) is 0 Å². The quantitative estimate of drug-likeness (QED) is 0.551. The topological polar surface area (TPSA) is 21.3 Å². The minimum Gasteiger partial charge on any atom is -0.489 e. The van der Waals surface area contributed by atoms with Crippen molar-refractivity contribution in [3.05, 3.63) is 93.8 Å². The lowest BCUT2D eigenvalue weighted by Crippen LogP contribution is -2.01. The van der Waals surface area contributed by atoms with Crippen LogP contribution < -0.4 is 10.1 Å². The summed E-state index contributed by atoms with van der Waals surface area (Å²) < 4.78 is 18.9. The Hall–Kier alpha value is -2.52. The number of aryl methyl sites for hydroxylation is 2. The van der Waals surface area contributed by atoms with E-state index in [-0.39, 0.29) is 5.82 Å². The summed E-state index contributed by atoms with van der Waals surface area (Å²) in [6, 6.07) is 18.6. The molecule has 3 aromatic carbocycles. The van der Waals surface area contributed by atoms with Gasteiger partial charge in [-0.1, -0.05) is 35.9 Å². The third kappa shape index (κ3) is 4.77. The molecule has 0 aliphatic heterocycles. The third-order valence-electron chi connectivity index (χ3n) is 4.31. The molecular formula is C22H21ClFNO. The molecule has 0 aliphatic rings. The van der Waals surface area contributed by atoms with Gasteiger partial charge >= 0.3 is 0 Å². The molecule has 0 heterocycles. The van der Waals surface area contributed by atoms with Crippen molar-refractivity contribution in [3.8, 4) is 5.75 Å². The second-order valence-electron chi connectivity index (χ2n) is 6.32. The van der Waals surface area contributed by atoms with Gasteiger partial charge in [0.2, 0.25) is 0 Å². The van der Waals surface area contributed by atoms with Crippen LogP contribution in [0.25, 0.3) is 0 Å². The van der Waals surface area contributed by atoms with E-state index in [2.05, 4.69) is 37.4 Å². The summed E-state index contributed by atoms with van der Waals surface area (Å²) in [4.78, 5) is 0. The maximum Gasteiger partial charge on any atom is 0.124 e. The minimum atomic E-state index is -0.349. The molecule has 0 fully saturated rings. The number of halogens is 2. The molecule has 3 aromatic rings. The van der Waals surface area contributed by atoms with Gasteiger partial charge in [-0.15, -0.1) is 0 Å². The Bertz CT molecular complexity index is 910. The summed E-state index contributed by atoms with van der Waals surface area (Å²) >= 11 is 6.04. The molecule has 0 aliphatic carbocycles. The number of ether oxygens (including phenoxy) is 1. The van der Waals surface area contributed by atoms with Crippen LogP contribution in [0.3, 0.4) is 0 Å². The highest BCUT2D eigenvalue weighted by Gasteiger charge is 2.04. The molecule has 0 amide bonds. The molecule has 0 saturated heterocycles. The molecule has 2 nitrogen and oxygen atoms in total. The van der Waals surface area contributed by atoms with Crippen LogP contribution in [0.5, 0.6) is 5.75 Å². The van der Waals surface area contributed by atoms with E-state index in [4.69, 9.17) is 16.3 Å². The first kappa shape index (κ1) is 18.3. The van der Waals surface area contributed by atoms with Gasteiger partial charge in [-0.25, -0.2) is 4.39 Å². The number of rotatable bonds is 6. The molecule has 0 bridgehead atoms. The van der Waals surface area contributed by atoms with Crippen molar-refractivity contribution >= 4 is 17.3 Å². The van der Waals surface area contributed by atoms with Crippen LogP contribution in [-0.4, -0.2) is 0 Å². The van der Waals surface area contributed by atoms with Gasteiger partial charge in [-0.05, 0) is 66.9 Å². The molecule has 1 N–H and O–H groups in total. The van der Waals surface area contributed by atoms with E-state index in [0.717, 1.165) is 22.6 Å². The van der Waals surface area contributed by atoms with Gasteiger partial charge in [-0.3, -0.25) is 0 Å². The zero-order valence-corrected chi connectivity index (χ0v) is 15.6. The predicted molar refractivity (Wildman–Crippen MR) is 105 cm³/mol. The summed E-state index contributed by atoms with van der Waals surface area (Å²) in [7, 11) is 0. The number of hydrogen-bond donors (Lipinski definition) is 1. The fourth-order valence-corrected chi connectivity index (χ4v) is 2.82. The molecule has 0 spiro atoms. The smallest absolute Gasteiger partial charge is 0.124 e. The molecule has 3 rings (SSSR count). The zero-order chi connectivity index (χ0) is 18.5. The average molecular weight is 370 g/mol. The second-order valence-corrected chi connectivity index (χ2v) is 6.73. The molecule has 0 atom stereocenters. The van der Waals surface area contributed by atoms with Gasteiger partial charge in [0.25, 0.3) is 0 Å². The Balaban J connectivity index is 1.61. The van der Waals surface area contributed by atoms with Crippen LogP contribution >= 0.6 is 11.6 Å². The lowest BCUT2D eigenvalue weighted by Gasteiger charge is -2.11. The number of anilines is 1. The number of hydrogen-bond acceptors (Lipinski definition) is 2. The first-order chi connectivity index (χ1) is 12.5. The van der Waals surface area contributed by atoms with Gasteiger partial charge in [0.05, 0.1) is 5.02 Å². The maximum atomic E-state index is 13.1. The molecular weight excluding hydrogens is 349 g/mol. The van der Waals surface area contributed by atoms with E-state index in [1.54, 1.807) is 6.07 Å². The fraction of sp³-hybridized carbons (Fsp3) is 0.182. The van der Waals surface area contributed by atoms with Gasteiger partial charge < -0.3 is 10.1 Å². The van der Waals surface area contributed by atoms with Gasteiger partial charge in [0.1, 0.15) is 18.2 Å². The Morgan fingerprint density at radius 3 is 2.58 bits per heavy atom. The van der Waals surface area contributed by atoms with Crippen LogP contribution in [0.15, 0.2) is 60.7 Å². The van der Waals surface area contributed by atoms with Crippen LogP contribution in [0.1, 0.15) is 22.3 Å². The molecule has 4 heteroatoms. The van der Waals surface area contributed by atoms with E-state index in [1.807, 2.05) is 24.3 Å². The highest BCUT2D eigenvalue weighted by Crippen LogP contribution is 2.21. The molecule has 134 valence electrons. The molecule has 0 radical (unpaired) electrons. The van der Waals surface area contributed by atoms with Crippen molar-refractivity contribution < 1.29 is 9.13 Å². The standard InChI is InChI=1S/C22H21ClFNO/c1-15-6-9-20(10-16(15)2)25-13-17-4-3-5-21(11-17)26-14-18-7-8-19(24)12-22(18)23/h3-12,25H,13-14H2,1-2H3. The summed E-state index contributed by atoms with van der Waals surface area (Å²) in [6.45, 7) is 5.22. The van der Waals surface area contributed by atoms with Gasteiger partial charge in [0.15, 0.2) is 0 Å². The maximum absolute atomic E-state index is 13.1. The van der Waals surface area contributed by atoms with Crippen molar-refractivity contribution in [1.82, 2.24) is 0 Å². The van der Waals surface area contributed by atoms with Crippen molar-refractivity contribution in [2.75, 3.05) is 5.32 Å². The Morgan fingerprint density at radius 1 is 0.962 bits per heavy atom. The first-order valence-corrected chi connectivity index (χ1v) is 8.86. The zero-order valence-electron chi connectivity index (χ0n) is 14.9. The number of nitrogens with one attached hydrogen (secondary N) is 1. The van der Waals surface area contributed by atoms with Gasteiger partial charge in [0, 0.05) is 17.8 Å². The summed E-state index contributed by atoms with van der Waals surface area (Å²) in [5.74, 6) is 0.406. The Morgan fingerprint density at radius 2 is 1.81 bits per heavy atom. The van der Waals surface area contributed by atoms with E-state index in [9.17, 15) is 4.39 Å². The monoisotopic (exact) mass is 369 g/mol. The van der Waals surface area contributed by atoms with E-state index in [1.165, 1.54) is 23.3 Å². The van der Waals surface area contributed by atoms with Crippen molar-refractivity contribution in [2.45, 2.75) is 27.0 Å². The van der Waals surface area contributed by atoms with E-state index < -0.39 is 0 Å². The Kier molecular flexibility index (Phi) is 5.79. The highest BCUT2D eigenvalue weighted by molar-refractivity contribution is 6.31. The second kappa shape index (κ2) is 8.24. The first-order valence-electron chi connectivity index (χ1n) is 8.48. The predicted octanol–water partition coefficient (Wildman–Crippen LogP) is 6.29. The summed E-state index contributed by atoms with van der Waals surface area (Å²) in [5, 5.41) is 3.80. The van der Waals surface area contributed by atoms with Crippen molar-refractivity contribution in [3.63, 3.8) is 0 Å². The molecule has 0 aromatic heterocycles. The largest absolute Gasteiger partial charge is 0.489 e. The third-order valence-corrected chi connectivity index (χ3v) is 4.66. The lowest BCUT2D eigenvalue weighted by atomic mass is 10.1. The van der Waals surface area contributed by atoms with Crippen LogP contribution in [0.2, 0.25) is 5.02 Å². The highest BCUT2D eigenvalue weighted by atomic mass is 35.5. The Labute approximate surface area is 158 Å². The van der Waals surface area contributed by atoms with E-state index in [0.29, 0.717) is 18.2 Å². The molecule has 26 heavy (non-hydrogen) atoms. The van der Waals surface area contributed by atoms with E-state index >= 15 is 0 Å². The summed E-state index contributed by atoms with van der Waals surface area (Å²) in [5.41, 5.74) is 5.52. The van der Waals surface area contributed by atoms with Crippen molar-refractivity contribution in [1.29, 1.82) is 0 Å².